The molecule has 0 aromatic carbocycles. The van der Waals surface area contributed by atoms with E-state index in [0.29, 0.717) is 97.7 Å². The molecule has 0 radical (unpaired) electrons. The Bertz CT molecular complexity index is 1880. The maximum absolute atomic E-state index is 5.69. The molecule has 7 unspecified atom stereocenters. The fraction of sp³-hybridized carbons (Fsp3) is 1.00. The molecule has 2 aliphatic rings. The van der Waals surface area contributed by atoms with Crippen LogP contribution < -0.4 is 0 Å². The SMILES string of the molecule is CC(C)OC1CCCC1.CC(C)OC1CCCCC1.CCC(C)OC.CCCC(C)OC.CCCCOC(C)C.CCCCOC(C)CCC.CCCCOCC.CCCOC(C)C.CCCOC(C)CC.CCCOC(C)CC.CCCOC(C)CCC.CCCOCC.CCOC.CCOC(C)(C)C.CCOC(C)(C)C.CCOC(C)C.CCOC(C)C.CCOC(C)CC.CCOCC.COC(C)(C)C.COC(C)C. The number of hydrogen-bond donors (Lipinski definition) is 0. The van der Waals surface area contributed by atoms with Crippen LogP contribution in [-0.2, 0) is 99.5 Å². The Balaban J connectivity index is -0.0000000697. The van der Waals surface area contributed by atoms with Gasteiger partial charge in [0.1, 0.15) is 0 Å². The molecule has 0 spiro atoms. The first-order valence-corrected chi connectivity index (χ1v) is 60.9. The zero-order chi connectivity index (χ0) is 120. The van der Waals surface area contributed by atoms with Crippen LogP contribution in [0.15, 0.2) is 0 Å². The molecule has 0 amide bonds. The van der Waals surface area contributed by atoms with Crippen molar-refractivity contribution in [2.45, 2.75) is 688 Å². The van der Waals surface area contributed by atoms with Gasteiger partial charge in [-0.05, 0) is 399 Å². The molecule has 21 nitrogen and oxygen atoms in total. The van der Waals surface area contributed by atoms with E-state index in [0.717, 1.165) is 177 Å². The highest BCUT2D eigenvalue weighted by Crippen LogP contribution is 2.23. The summed E-state index contributed by atoms with van der Waals surface area (Å²) in [5, 5.41) is 0. The highest BCUT2D eigenvalue weighted by molar-refractivity contribution is 4.68. The maximum atomic E-state index is 5.69. The third kappa shape index (κ3) is 295. The summed E-state index contributed by atoms with van der Waals surface area (Å²) in [5.74, 6) is 0. The molecule has 0 saturated heterocycles. The summed E-state index contributed by atoms with van der Waals surface area (Å²) in [6.07, 6.45) is 43.9. The van der Waals surface area contributed by atoms with Crippen molar-refractivity contribution in [1.82, 2.24) is 0 Å². The maximum Gasteiger partial charge on any atom is 0.0598 e. The summed E-state index contributed by atoms with van der Waals surface area (Å²) in [7, 11) is 8.57. The average molecular weight is 2160 g/mol. The van der Waals surface area contributed by atoms with E-state index in [-0.39, 0.29) is 16.8 Å². The first-order chi connectivity index (χ1) is 69.4. The molecule has 2 aliphatic carbocycles. The highest BCUT2D eigenvalue weighted by atomic mass is 16.5. The number of hydrogen-bond acceptors (Lipinski definition) is 21. The fourth-order valence-corrected chi connectivity index (χ4v) is 9.92. The second-order valence-electron chi connectivity index (χ2n) is 41.0. The topological polar surface area (TPSA) is 194 Å². The van der Waals surface area contributed by atoms with E-state index >= 15 is 0 Å². The zero-order valence-corrected chi connectivity index (χ0v) is 113. The largest absolute Gasteiger partial charge is 0.385 e. The molecule has 0 aromatic heterocycles. The summed E-state index contributed by atoms with van der Waals surface area (Å²) in [6, 6.07) is 0. The van der Waals surface area contributed by atoms with Crippen LogP contribution in [0.25, 0.3) is 0 Å². The molecule has 0 bridgehead atoms. The van der Waals surface area contributed by atoms with Gasteiger partial charge in [0.05, 0.1) is 114 Å². The van der Waals surface area contributed by atoms with E-state index in [2.05, 4.69) is 254 Å². The normalized spacial score (nSPS) is 13.1. The van der Waals surface area contributed by atoms with Crippen LogP contribution in [-0.4, -0.2) is 269 Å². The molecule has 2 rings (SSSR count). The summed E-state index contributed by atoms with van der Waals surface area (Å²) in [5.41, 5.74) is 0.142. The molecule has 2 fully saturated rings. The number of ether oxygens (including phenoxy) is 21. The Kier molecular flexibility index (Phi) is 221. The van der Waals surface area contributed by atoms with E-state index in [4.69, 9.17) is 94.7 Å². The van der Waals surface area contributed by atoms with E-state index in [1.807, 2.05) is 132 Å². The summed E-state index contributed by atoms with van der Waals surface area (Å²) < 4.78 is 108. The van der Waals surface area contributed by atoms with Crippen molar-refractivity contribution in [2.24, 2.45) is 0 Å². The molecular weight excluding hydrogens is 1860 g/mol. The second-order valence-corrected chi connectivity index (χ2v) is 41.0. The van der Waals surface area contributed by atoms with Crippen LogP contribution in [0.3, 0.4) is 0 Å². The molecule has 0 N–H and O–H groups in total. The lowest BCUT2D eigenvalue weighted by molar-refractivity contribution is -0.0118. The zero-order valence-electron chi connectivity index (χ0n) is 113. The predicted octanol–water partition coefficient (Wildman–Crippen LogP) is 38.2. The van der Waals surface area contributed by atoms with Gasteiger partial charge in [-0.15, -0.1) is 0 Å². The van der Waals surface area contributed by atoms with Gasteiger partial charge in [0.2, 0.25) is 0 Å². The van der Waals surface area contributed by atoms with Gasteiger partial charge in [-0.3, -0.25) is 0 Å². The van der Waals surface area contributed by atoms with E-state index in [1.54, 1.807) is 35.5 Å². The second kappa shape index (κ2) is 171. The molecule has 0 aliphatic heterocycles. The van der Waals surface area contributed by atoms with Gasteiger partial charge in [0.25, 0.3) is 0 Å². The smallest absolute Gasteiger partial charge is 0.0598 e. The Morgan fingerprint density at radius 1 is 0.203 bits per heavy atom. The van der Waals surface area contributed by atoms with E-state index in [1.165, 1.54) is 135 Å². The molecule has 7 atom stereocenters. The Morgan fingerprint density at radius 3 is 0.608 bits per heavy atom. The standard InChI is InChI=1S/C9H18O.C9H20O.C8H16O.C8H18O.3C7H16O.6C6H14O.5C5H12O.2C4H10O.C3H8O/c1-8(2)10-9-6-4-3-5-7-9;1-4-6-8-10-9(3)7-5-2;1-7(2)9-8-5-3-4-6-8;1-4-6-8(3)9-7-5-2;1-4-5-6-8-7(2)3;2*1-4-6-8-7(3)5-2;2*1-5-7-6(2,3)4;1-4-5-6(2)7-3;1-4-5-7-6(2)3;1-4-6(3)7-5-2;1-3-5-6-7-4-2;1-5(2,3)6-4;1-4-5(2)6-3;2*1-4-6-5(2)3;1-3-5-6-4-2;1-4(2)5-3;1-3-5-4-2;1-3-4-2/h8-9H,3-7H2,1-2H3;9H,4-8H2,1-3H3;7-8H,3-6H2,1-2H3;8H,4-7H2,1-3H3;3*7H,4-6H2,1-3H3;2*5H2,1-4H3;3*6H,4-5H2,1-3H3;3-6H2,1-2H3;1-4H3;3*5H,4H2,1-3H3;3-5H2,1-2H3;4H,1-3H3;3-4H2,1-2H3;3H2,1-2H3. The van der Waals surface area contributed by atoms with Gasteiger partial charge in [-0.1, -0.05) is 174 Å². The minimum atomic E-state index is 0.0417. The van der Waals surface area contributed by atoms with Crippen LogP contribution in [0, 0.1) is 0 Å². The van der Waals surface area contributed by atoms with Crippen LogP contribution in [0.5, 0.6) is 0 Å². The van der Waals surface area contributed by atoms with Gasteiger partial charge in [0.15, 0.2) is 0 Å². The van der Waals surface area contributed by atoms with Gasteiger partial charge in [-0.25, -0.2) is 0 Å². The number of methoxy groups -OCH3 is 5. The lowest BCUT2D eigenvalue weighted by atomic mass is 9.98. The van der Waals surface area contributed by atoms with Gasteiger partial charge >= 0.3 is 0 Å². The van der Waals surface area contributed by atoms with E-state index < -0.39 is 0 Å². The van der Waals surface area contributed by atoms with Crippen LogP contribution in [0.1, 0.15) is 573 Å². The quantitative estimate of drug-likeness (QED) is 0.0521. The monoisotopic (exact) mass is 2150 g/mol. The van der Waals surface area contributed by atoms with Crippen molar-refractivity contribution in [2.75, 3.05) is 154 Å². The first-order valence-electron chi connectivity index (χ1n) is 60.9. The first kappa shape index (κ1) is 191. The lowest BCUT2D eigenvalue weighted by Gasteiger charge is -2.23. The van der Waals surface area contributed by atoms with Crippen molar-refractivity contribution in [3.05, 3.63) is 0 Å². The minimum absolute atomic E-state index is 0.0417. The van der Waals surface area contributed by atoms with Crippen LogP contribution >= 0.6 is 0 Å². The highest BCUT2D eigenvalue weighted by Gasteiger charge is 2.17. The van der Waals surface area contributed by atoms with Crippen molar-refractivity contribution in [3.8, 4) is 0 Å². The molecule has 21 heteroatoms. The molecule has 926 valence electrons. The summed E-state index contributed by atoms with van der Waals surface area (Å²) in [4.78, 5) is 0. The number of rotatable bonds is 55. The molecule has 0 aromatic rings. The summed E-state index contributed by atoms with van der Waals surface area (Å²) >= 11 is 0. The molecule has 2 saturated carbocycles. The van der Waals surface area contributed by atoms with Crippen molar-refractivity contribution >= 4 is 0 Å². The third-order valence-corrected chi connectivity index (χ3v) is 19.1. The molecule has 0 heterocycles. The lowest BCUT2D eigenvalue weighted by Crippen LogP contribution is -2.20. The van der Waals surface area contributed by atoms with Crippen LogP contribution in [0.4, 0.5) is 0 Å². The third-order valence-electron chi connectivity index (χ3n) is 19.1. The fourth-order valence-electron chi connectivity index (χ4n) is 9.92. The van der Waals surface area contributed by atoms with Crippen molar-refractivity contribution in [3.63, 3.8) is 0 Å². The molecular formula is C127H292O21. The van der Waals surface area contributed by atoms with Gasteiger partial charge < -0.3 is 99.5 Å². The van der Waals surface area contributed by atoms with Gasteiger partial charge in [0, 0.05) is 154 Å². The Morgan fingerprint density at radius 2 is 0.446 bits per heavy atom. The molecule has 148 heavy (non-hydrogen) atoms. The Hall–Kier alpha value is -0.840. The van der Waals surface area contributed by atoms with Crippen LogP contribution in [0.2, 0.25) is 0 Å². The average Bonchev–Trinajstić information content (AvgIpc) is 1.66. The Labute approximate surface area is 936 Å². The number of unbranched alkanes of at least 4 members (excludes halogenated alkanes) is 3. The van der Waals surface area contributed by atoms with Crippen molar-refractivity contribution in [1.29, 1.82) is 0 Å². The predicted molar refractivity (Wildman–Crippen MR) is 659 cm³/mol. The van der Waals surface area contributed by atoms with Gasteiger partial charge in [-0.2, -0.15) is 0 Å². The van der Waals surface area contributed by atoms with Crippen molar-refractivity contribution < 1.29 is 99.5 Å². The summed E-state index contributed by atoms with van der Waals surface area (Å²) in [6.45, 7) is 130. The minimum Gasteiger partial charge on any atom is -0.385 e. The van der Waals surface area contributed by atoms with E-state index in [9.17, 15) is 0 Å².